The van der Waals surface area contributed by atoms with E-state index in [0.29, 0.717) is 23.0 Å². The normalized spacial score (nSPS) is 12.9. The maximum Gasteiger partial charge on any atom is 0.339 e. The summed E-state index contributed by atoms with van der Waals surface area (Å²) in [5.74, 6) is 0.213. The first-order valence-corrected chi connectivity index (χ1v) is 13.0. The second-order valence-corrected chi connectivity index (χ2v) is 8.81. The van der Waals surface area contributed by atoms with Crippen molar-refractivity contribution >= 4 is 11.9 Å². The molecule has 0 spiro atoms. The van der Waals surface area contributed by atoms with Crippen LogP contribution in [0.1, 0.15) is 125 Å². The first kappa shape index (κ1) is 28.2. The maximum atomic E-state index is 13.1. The third-order valence-corrected chi connectivity index (χ3v) is 6.47. The van der Waals surface area contributed by atoms with Crippen molar-refractivity contribution in [2.24, 2.45) is 11.8 Å². The van der Waals surface area contributed by atoms with Gasteiger partial charge in [-0.25, -0.2) is 9.59 Å². The van der Waals surface area contributed by atoms with Crippen LogP contribution in [0.25, 0.3) is 0 Å². The second kappa shape index (κ2) is 15.9. The summed E-state index contributed by atoms with van der Waals surface area (Å²) in [5, 5.41) is 0. The van der Waals surface area contributed by atoms with Crippen LogP contribution < -0.4 is 0 Å². The van der Waals surface area contributed by atoms with Crippen LogP contribution in [0.2, 0.25) is 0 Å². The molecule has 0 aromatic heterocycles. The quantitative estimate of drug-likeness (QED) is 0.246. The Morgan fingerprint density at radius 3 is 1.78 bits per heavy atom. The highest BCUT2D eigenvalue weighted by Crippen LogP contribution is 2.30. The highest BCUT2D eigenvalue weighted by molar-refractivity contribution is 6.04. The smallest absolute Gasteiger partial charge is 0.339 e. The van der Waals surface area contributed by atoms with Crippen LogP contribution in [-0.2, 0) is 22.3 Å². The molecule has 0 saturated heterocycles. The topological polar surface area (TPSA) is 52.6 Å². The van der Waals surface area contributed by atoms with Gasteiger partial charge in [-0.2, -0.15) is 0 Å². The number of hydrogen-bond acceptors (Lipinski definition) is 4. The summed E-state index contributed by atoms with van der Waals surface area (Å²) in [6.45, 7) is 13.1. The number of benzene rings is 1. The van der Waals surface area contributed by atoms with E-state index < -0.39 is 11.9 Å². The van der Waals surface area contributed by atoms with E-state index in [0.717, 1.165) is 44.1 Å². The molecule has 2 atom stereocenters. The molecule has 4 heteroatoms. The molecular formula is C28H46O4. The monoisotopic (exact) mass is 446 g/mol. The van der Waals surface area contributed by atoms with E-state index >= 15 is 0 Å². The predicted molar refractivity (Wildman–Crippen MR) is 132 cm³/mol. The summed E-state index contributed by atoms with van der Waals surface area (Å²) < 4.78 is 10.7. The van der Waals surface area contributed by atoms with E-state index in [1.165, 1.54) is 31.2 Å². The highest BCUT2D eigenvalue weighted by atomic mass is 16.5. The van der Waals surface area contributed by atoms with E-state index in [1.54, 1.807) is 19.9 Å². The lowest BCUT2D eigenvalue weighted by Crippen LogP contribution is -2.20. The zero-order valence-electron chi connectivity index (χ0n) is 21.4. The highest BCUT2D eigenvalue weighted by Gasteiger charge is 2.27. The van der Waals surface area contributed by atoms with Crippen LogP contribution >= 0.6 is 0 Å². The Balaban J connectivity index is 3.56. The van der Waals surface area contributed by atoms with Gasteiger partial charge in [0.15, 0.2) is 0 Å². The molecule has 0 bridgehead atoms. The van der Waals surface area contributed by atoms with Crippen molar-refractivity contribution in [3.8, 4) is 0 Å². The minimum atomic E-state index is -0.442. The molecule has 0 aliphatic rings. The van der Waals surface area contributed by atoms with Crippen molar-refractivity contribution < 1.29 is 19.1 Å². The molecule has 1 aromatic rings. The molecule has 32 heavy (non-hydrogen) atoms. The van der Waals surface area contributed by atoms with Crippen molar-refractivity contribution in [3.05, 3.63) is 34.4 Å². The Morgan fingerprint density at radius 1 is 0.750 bits per heavy atom. The first-order chi connectivity index (χ1) is 15.5. The molecule has 0 heterocycles. The second-order valence-electron chi connectivity index (χ2n) is 8.81. The summed E-state index contributed by atoms with van der Waals surface area (Å²) in [5.41, 5.74) is 2.98. The van der Waals surface area contributed by atoms with Crippen molar-refractivity contribution in [1.82, 2.24) is 0 Å². The Bertz CT molecular complexity index is 695. The van der Waals surface area contributed by atoms with Gasteiger partial charge in [0.25, 0.3) is 0 Å². The zero-order chi connectivity index (χ0) is 23.9. The van der Waals surface area contributed by atoms with Gasteiger partial charge in [-0.15, -0.1) is 0 Å². The first-order valence-electron chi connectivity index (χ1n) is 13.0. The van der Waals surface area contributed by atoms with Crippen molar-refractivity contribution in [2.45, 2.75) is 106 Å². The molecular weight excluding hydrogens is 400 g/mol. The number of unbranched alkanes of at least 4 members (excludes halogenated alkanes) is 2. The molecule has 1 rings (SSSR count). The van der Waals surface area contributed by atoms with Crippen LogP contribution in [0.3, 0.4) is 0 Å². The number of carbonyl (C=O) groups excluding carboxylic acids is 2. The Kier molecular flexibility index (Phi) is 14.0. The molecule has 4 nitrogen and oxygen atoms in total. The molecule has 0 saturated carbocycles. The molecule has 0 amide bonds. The standard InChI is InChI=1S/C28H46O4/c1-7-13-15-21(9-3)19-23-17-18-24(27(29)31-11-5)26(28(30)32-12-6)25(23)20-22(10-4)16-14-8-2/h17-18,21-22H,7-16,19-20H2,1-6H3. The molecule has 0 aliphatic carbocycles. The number of esters is 2. The zero-order valence-corrected chi connectivity index (χ0v) is 21.4. The molecule has 1 aromatic carbocycles. The van der Waals surface area contributed by atoms with E-state index in [9.17, 15) is 9.59 Å². The summed E-state index contributed by atoms with van der Waals surface area (Å²) in [4.78, 5) is 25.9. The minimum absolute atomic E-state index is 0.279. The fourth-order valence-corrected chi connectivity index (χ4v) is 4.42. The Hall–Kier alpha value is -1.84. The third-order valence-electron chi connectivity index (χ3n) is 6.47. The molecule has 182 valence electrons. The lowest BCUT2D eigenvalue weighted by molar-refractivity contribution is 0.0477. The van der Waals surface area contributed by atoms with Gasteiger partial charge in [-0.3, -0.25) is 0 Å². The fourth-order valence-electron chi connectivity index (χ4n) is 4.42. The summed E-state index contributed by atoms with van der Waals surface area (Å²) in [6.07, 6.45) is 11.0. The molecule has 0 N–H and O–H groups in total. The third kappa shape index (κ3) is 8.60. The van der Waals surface area contributed by atoms with Crippen molar-refractivity contribution in [1.29, 1.82) is 0 Å². The van der Waals surface area contributed by atoms with Gasteiger partial charge in [0.1, 0.15) is 0 Å². The van der Waals surface area contributed by atoms with E-state index in [2.05, 4.69) is 33.8 Å². The van der Waals surface area contributed by atoms with Gasteiger partial charge in [-0.05, 0) is 55.7 Å². The van der Waals surface area contributed by atoms with E-state index in [4.69, 9.17) is 9.47 Å². The van der Waals surface area contributed by atoms with Gasteiger partial charge >= 0.3 is 11.9 Å². The van der Waals surface area contributed by atoms with Crippen LogP contribution in [0, 0.1) is 11.8 Å². The molecule has 2 unspecified atom stereocenters. The van der Waals surface area contributed by atoms with Gasteiger partial charge in [-0.1, -0.05) is 85.1 Å². The Morgan fingerprint density at radius 2 is 1.28 bits per heavy atom. The fraction of sp³-hybridized carbons (Fsp3) is 0.714. The summed E-state index contributed by atoms with van der Waals surface area (Å²) in [7, 11) is 0. The van der Waals surface area contributed by atoms with Crippen LogP contribution in [0.15, 0.2) is 12.1 Å². The summed E-state index contributed by atoms with van der Waals surface area (Å²) in [6, 6.07) is 3.84. The number of carbonyl (C=O) groups is 2. The number of hydrogen-bond donors (Lipinski definition) is 0. The lowest BCUT2D eigenvalue weighted by Gasteiger charge is -2.24. The SMILES string of the molecule is CCCCC(CC)Cc1ccc(C(=O)OCC)c(C(=O)OCC)c1CC(CC)CCCC. The Labute approximate surface area is 196 Å². The van der Waals surface area contributed by atoms with E-state index in [-0.39, 0.29) is 13.2 Å². The number of ether oxygens (including phenoxy) is 2. The average Bonchev–Trinajstić information content (AvgIpc) is 2.79. The molecule has 0 aliphatic heterocycles. The van der Waals surface area contributed by atoms with Gasteiger partial charge in [0, 0.05) is 0 Å². The van der Waals surface area contributed by atoms with Crippen LogP contribution in [0.5, 0.6) is 0 Å². The van der Waals surface area contributed by atoms with Crippen molar-refractivity contribution in [3.63, 3.8) is 0 Å². The van der Waals surface area contributed by atoms with Crippen LogP contribution in [-0.4, -0.2) is 25.2 Å². The number of rotatable bonds is 16. The van der Waals surface area contributed by atoms with E-state index in [1.807, 2.05) is 0 Å². The van der Waals surface area contributed by atoms with Crippen molar-refractivity contribution in [2.75, 3.05) is 13.2 Å². The lowest BCUT2D eigenvalue weighted by atomic mass is 9.82. The average molecular weight is 447 g/mol. The maximum absolute atomic E-state index is 13.1. The van der Waals surface area contributed by atoms with Gasteiger partial charge in [0.2, 0.25) is 0 Å². The molecule has 0 radical (unpaired) electrons. The predicted octanol–water partition coefficient (Wildman–Crippen LogP) is 7.56. The largest absolute Gasteiger partial charge is 0.462 e. The summed E-state index contributed by atoms with van der Waals surface area (Å²) >= 11 is 0. The van der Waals surface area contributed by atoms with Crippen LogP contribution in [0.4, 0.5) is 0 Å². The molecule has 0 fully saturated rings. The minimum Gasteiger partial charge on any atom is -0.462 e. The van der Waals surface area contributed by atoms with Gasteiger partial charge < -0.3 is 9.47 Å². The van der Waals surface area contributed by atoms with Gasteiger partial charge in [0.05, 0.1) is 24.3 Å².